The number of hydrogen-bond acceptors (Lipinski definition) is 4. The SMILES string of the molecule is NC(=O)COc1ccc(NC(=O)c2ccc(OCC3CC3)cc2)cc1. The third-order valence-corrected chi connectivity index (χ3v) is 3.79. The third kappa shape index (κ3) is 5.24. The van der Waals surface area contributed by atoms with E-state index in [4.69, 9.17) is 15.2 Å². The van der Waals surface area contributed by atoms with E-state index in [0.29, 0.717) is 22.9 Å². The highest BCUT2D eigenvalue weighted by Gasteiger charge is 2.21. The molecule has 0 atom stereocenters. The van der Waals surface area contributed by atoms with Gasteiger partial charge in [-0.05, 0) is 67.3 Å². The highest BCUT2D eigenvalue weighted by Crippen LogP contribution is 2.29. The van der Waals surface area contributed by atoms with Crippen molar-refractivity contribution in [3.05, 3.63) is 54.1 Å². The van der Waals surface area contributed by atoms with Crippen LogP contribution in [0.1, 0.15) is 23.2 Å². The fourth-order valence-electron chi connectivity index (χ4n) is 2.19. The summed E-state index contributed by atoms with van der Waals surface area (Å²) in [5.74, 6) is 1.23. The molecule has 0 heterocycles. The molecule has 0 radical (unpaired) electrons. The smallest absolute Gasteiger partial charge is 0.255 e. The fourth-order valence-corrected chi connectivity index (χ4v) is 2.19. The fraction of sp³-hybridized carbons (Fsp3) is 0.263. The maximum Gasteiger partial charge on any atom is 0.255 e. The summed E-state index contributed by atoms with van der Waals surface area (Å²) in [6, 6.07) is 13.8. The predicted octanol–water partition coefficient (Wildman–Crippen LogP) is 2.59. The molecule has 1 aliphatic rings. The predicted molar refractivity (Wildman–Crippen MR) is 93.7 cm³/mol. The topological polar surface area (TPSA) is 90.7 Å². The van der Waals surface area contributed by atoms with Gasteiger partial charge in [-0.25, -0.2) is 0 Å². The Labute approximate surface area is 145 Å². The van der Waals surface area contributed by atoms with Crippen molar-refractivity contribution in [3.63, 3.8) is 0 Å². The summed E-state index contributed by atoms with van der Waals surface area (Å²) in [5.41, 5.74) is 6.20. The summed E-state index contributed by atoms with van der Waals surface area (Å²) in [4.78, 5) is 22.9. The number of anilines is 1. The van der Waals surface area contributed by atoms with Gasteiger partial charge in [0.15, 0.2) is 6.61 Å². The van der Waals surface area contributed by atoms with Crippen LogP contribution in [0.15, 0.2) is 48.5 Å². The maximum absolute atomic E-state index is 12.3. The molecule has 130 valence electrons. The molecule has 6 heteroatoms. The number of carbonyl (C=O) groups excluding carboxylic acids is 2. The van der Waals surface area contributed by atoms with Crippen LogP contribution in [-0.2, 0) is 4.79 Å². The minimum Gasteiger partial charge on any atom is -0.493 e. The zero-order valence-electron chi connectivity index (χ0n) is 13.7. The van der Waals surface area contributed by atoms with E-state index in [-0.39, 0.29) is 12.5 Å². The molecule has 1 aliphatic carbocycles. The zero-order valence-corrected chi connectivity index (χ0v) is 13.7. The van der Waals surface area contributed by atoms with E-state index >= 15 is 0 Å². The van der Waals surface area contributed by atoms with Gasteiger partial charge in [-0.2, -0.15) is 0 Å². The highest BCUT2D eigenvalue weighted by molar-refractivity contribution is 6.04. The molecule has 2 aromatic rings. The molecular formula is C19H20N2O4. The van der Waals surface area contributed by atoms with Gasteiger partial charge in [-0.1, -0.05) is 0 Å². The maximum atomic E-state index is 12.3. The lowest BCUT2D eigenvalue weighted by atomic mass is 10.2. The van der Waals surface area contributed by atoms with Gasteiger partial charge >= 0.3 is 0 Å². The number of carbonyl (C=O) groups is 2. The first-order chi connectivity index (χ1) is 12.1. The van der Waals surface area contributed by atoms with Crippen LogP contribution < -0.4 is 20.5 Å². The van der Waals surface area contributed by atoms with Crippen LogP contribution in [0.3, 0.4) is 0 Å². The lowest BCUT2D eigenvalue weighted by Crippen LogP contribution is -2.20. The summed E-state index contributed by atoms with van der Waals surface area (Å²) >= 11 is 0. The van der Waals surface area contributed by atoms with E-state index in [1.165, 1.54) is 12.8 Å². The normalized spacial score (nSPS) is 13.1. The van der Waals surface area contributed by atoms with Crippen LogP contribution in [0.2, 0.25) is 0 Å². The molecule has 0 saturated heterocycles. The minimum absolute atomic E-state index is 0.180. The average Bonchev–Trinajstić information content (AvgIpc) is 3.44. The molecule has 3 N–H and O–H groups in total. The number of primary amides is 1. The Bertz CT molecular complexity index is 737. The molecule has 2 amide bonds. The van der Waals surface area contributed by atoms with E-state index in [0.717, 1.165) is 12.4 Å². The van der Waals surface area contributed by atoms with Crippen molar-refractivity contribution in [1.29, 1.82) is 0 Å². The Hall–Kier alpha value is -3.02. The van der Waals surface area contributed by atoms with Crippen molar-refractivity contribution in [2.45, 2.75) is 12.8 Å². The number of amides is 2. The van der Waals surface area contributed by atoms with Gasteiger partial charge in [0.2, 0.25) is 0 Å². The van der Waals surface area contributed by atoms with Gasteiger partial charge < -0.3 is 20.5 Å². The second kappa shape index (κ2) is 7.70. The van der Waals surface area contributed by atoms with Crippen LogP contribution >= 0.6 is 0 Å². The number of benzene rings is 2. The second-order valence-corrected chi connectivity index (χ2v) is 6.01. The molecule has 1 saturated carbocycles. The molecule has 0 bridgehead atoms. The molecule has 6 nitrogen and oxygen atoms in total. The summed E-state index contributed by atoms with van der Waals surface area (Å²) in [6.45, 7) is 0.566. The first-order valence-electron chi connectivity index (χ1n) is 8.15. The summed E-state index contributed by atoms with van der Waals surface area (Å²) in [7, 11) is 0. The number of hydrogen-bond donors (Lipinski definition) is 2. The Morgan fingerprint density at radius 1 is 0.960 bits per heavy atom. The number of ether oxygens (including phenoxy) is 2. The van der Waals surface area contributed by atoms with Gasteiger partial charge in [0.25, 0.3) is 11.8 Å². The van der Waals surface area contributed by atoms with Gasteiger partial charge in [0.05, 0.1) is 6.61 Å². The van der Waals surface area contributed by atoms with Crippen LogP contribution in [0.25, 0.3) is 0 Å². The first-order valence-corrected chi connectivity index (χ1v) is 8.15. The standard InChI is InChI=1S/C19H20N2O4/c20-18(22)12-25-17-9-5-15(6-10-17)21-19(23)14-3-7-16(8-4-14)24-11-13-1-2-13/h3-10,13H,1-2,11-12H2,(H2,20,22)(H,21,23). The van der Waals surface area contributed by atoms with Gasteiger partial charge in [0, 0.05) is 11.3 Å². The number of nitrogens with one attached hydrogen (secondary N) is 1. The van der Waals surface area contributed by atoms with Crippen LogP contribution in [0, 0.1) is 5.92 Å². The van der Waals surface area contributed by atoms with E-state index in [1.807, 2.05) is 0 Å². The summed E-state index contributed by atoms with van der Waals surface area (Å²) in [5, 5.41) is 2.80. The first kappa shape index (κ1) is 16.8. The van der Waals surface area contributed by atoms with E-state index in [9.17, 15) is 9.59 Å². The third-order valence-electron chi connectivity index (χ3n) is 3.79. The van der Waals surface area contributed by atoms with E-state index in [2.05, 4.69) is 5.32 Å². The molecule has 0 spiro atoms. The van der Waals surface area contributed by atoms with Gasteiger partial charge in [-0.15, -0.1) is 0 Å². The Balaban J connectivity index is 1.53. The van der Waals surface area contributed by atoms with E-state index < -0.39 is 5.91 Å². The molecule has 25 heavy (non-hydrogen) atoms. The summed E-state index contributed by atoms with van der Waals surface area (Å²) in [6.07, 6.45) is 2.49. The van der Waals surface area contributed by atoms with Crippen molar-refractivity contribution in [1.82, 2.24) is 0 Å². The second-order valence-electron chi connectivity index (χ2n) is 6.01. The number of nitrogens with two attached hydrogens (primary N) is 1. The molecule has 0 unspecified atom stereocenters. The lowest BCUT2D eigenvalue weighted by molar-refractivity contribution is -0.119. The Morgan fingerprint density at radius 2 is 1.56 bits per heavy atom. The minimum atomic E-state index is -0.540. The molecular weight excluding hydrogens is 320 g/mol. The van der Waals surface area contributed by atoms with Crippen LogP contribution in [0.4, 0.5) is 5.69 Å². The average molecular weight is 340 g/mol. The quantitative estimate of drug-likeness (QED) is 0.773. The molecule has 2 aromatic carbocycles. The van der Waals surface area contributed by atoms with Crippen molar-refractivity contribution in [2.24, 2.45) is 11.7 Å². The lowest BCUT2D eigenvalue weighted by Gasteiger charge is -2.08. The monoisotopic (exact) mass is 340 g/mol. The van der Waals surface area contributed by atoms with Crippen molar-refractivity contribution >= 4 is 17.5 Å². The Morgan fingerprint density at radius 3 is 2.16 bits per heavy atom. The van der Waals surface area contributed by atoms with Crippen LogP contribution in [-0.4, -0.2) is 25.0 Å². The molecule has 1 fully saturated rings. The number of rotatable bonds is 8. The largest absolute Gasteiger partial charge is 0.493 e. The molecule has 0 aromatic heterocycles. The van der Waals surface area contributed by atoms with Gasteiger partial charge in [-0.3, -0.25) is 9.59 Å². The van der Waals surface area contributed by atoms with Crippen molar-refractivity contribution in [2.75, 3.05) is 18.5 Å². The van der Waals surface area contributed by atoms with Crippen molar-refractivity contribution < 1.29 is 19.1 Å². The van der Waals surface area contributed by atoms with E-state index in [1.54, 1.807) is 48.5 Å². The van der Waals surface area contributed by atoms with Crippen LogP contribution in [0.5, 0.6) is 11.5 Å². The Kier molecular flexibility index (Phi) is 5.18. The van der Waals surface area contributed by atoms with Crippen molar-refractivity contribution in [3.8, 4) is 11.5 Å². The zero-order chi connectivity index (χ0) is 17.6. The molecule has 0 aliphatic heterocycles. The highest BCUT2D eigenvalue weighted by atomic mass is 16.5. The summed E-state index contributed by atoms with van der Waals surface area (Å²) < 4.78 is 10.8. The molecule has 3 rings (SSSR count). The van der Waals surface area contributed by atoms with Gasteiger partial charge in [0.1, 0.15) is 11.5 Å².